The van der Waals surface area contributed by atoms with E-state index in [-0.39, 0.29) is 15.6 Å². The zero-order chi connectivity index (χ0) is 14.8. The van der Waals surface area contributed by atoms with Gasteiger partial charge in [0.15, 0.2) is 0 Å². The highest BCUT2D eigenvalue weighted by atomic mass is 35.5. The van der Waals surface area contributed by atoms with Crippen LogP contribution in [-0.2, 0) is 14.8 Å². The number of nitrogens with one attached hydrogen (secondary N) is 1. The molecule has 1 amide bonds. The zero-order valence-corrected chi connectivity index (χ0v) is 11.8. The van der Waals surface area contributed by atoms with E-state index in [1.54, 1.807) is 0 Å². The average molecular weight is 310 g/mol. The van der Waals surface area contributed by atoms with Crippen LogP contribution in [0.15, 0.2) is 17.0 Å². The smallest absolute Gasteiger partial charge is 0.242 e. The fourth-order valence-corrected chi connectivity index (χ4v) is 2.67. The molecule has 19 heavy (non-hydrogen) atoms. The largest absolute Gasteiger partial charge is 0.396 e. The van der Waals surface area contributed by atoms with E-state index in [9.17, 15) is 17.6 Å². The highest BCUT2D eigenvalue weighted by Gasteiger charge is 2.21. The van der Waals surface area contributed by atoms with Gasteiger partial charge < -0.3 is 10.6 Å². The molecular weight excluding hydrogens is 297 g/mol. The highest BCUT2D eigenvalue weighted by molar-refractivity contribution is 7.89. The molecular formula is C10H13ClFN3O3S. The molecule has 0 aromatic heterocycles. The quantitative estimate of drug-likeness (QED) is 0.789. The van der Waals surface area contributed by atoms with Crippen molar-refractivity contribution in [1.82, 2.24) is 9.62 Å². The van der Waals surface area contributed by atoms with Crippen molar-refractivity contribution in [3.63, 3.8) is 0 Å². The third-order valence-corrected chi connectivity index (χ3v) is 4.12. The van der Waals surface area contributed by atoms with Gasteiger partial charge in [-0.1, -0.05) is 11.6 Å². The Morgan fingerprint density at radius 1 is 1.47 bits per heavy atom. The van der Waals surface area contributed by atoms with E-state index in [0.29, 0.717) is 0 Å². The lowest BCUT2D eigenvalue weighted by Crippen LogP contribution is -2.36. The Labute approximate surface area is 115 Å². The van der Waals surface area contributed by atoms with Gasteiger partial charge in [-0.3, -0.25) is 4.79 Å². The van der Waals surface area contributed by atoms with Gasteiger partial charge in [0.25, 0.3) is 0 Å². The summed E-state index contributed by atoms with van der Waals surface area (Å²) in [7, 11) is -1.06. The summed E-state index contributed by atoms with van der Waals surface area (Å²) in [6, 6.07) is 1.71. The van der Waals surface area contributed by atoms with Crippen molar-refractivity contribution in [3.8, 4) is 0 Å². The molecule has 3 N–H and O–H groups in total. The zero-order valence-electron chi connectivity index (χ0n) is 10.3. The molecule has 0 atom stereocenters. The van der Waals surface area contributed by atoms with E-state index in [1.807, 2.05) is 0 Å². The van der Waals surface area contributed by atoms with Crippen molar-refractivity contribution in [3.05, 3.63) is 23.0 Å². The molecule has 0 heterocycles. The second kappa shape index (κ2) is 5.72. The topological polar surface area (TPSA) is 92.5 Å². The summed E-state index contributed by atoms with van der Waals surface area (Å²) in [4.78, 5) is 12.2. The molecule has 1 rings (SSSR count). The summed E-state index contributed by atoms with van der Waals surface area (Å²) < 4.78 is 38.9. The van der Waals surface area contributed by atoms with Gasteiger partial charge >= 0.3 is 0 Å². The number of nitrogen functional groups attached to an aromatic ring is 1. The number of nitrogens with two attached hydrogens (primary N) is 1. The molecule has 0 aliphatic heterocycles. The fraction of sp³-hybridized carbons (Fsp3) is 0.300. The van der Waals surface area contributed by atoms with Gasteiger partial charge in [-0.2, -0.15) is 0 Å². The summed E-state index contributed by atoms with van der Waals surface area (Å²) in [5.74, 6) is -1.25. The molecule has 0 saturated carbocycles. The van der Waals surface area contributed by atoms with Crippen LogP contribution >= 0.6 is 11.6 Å². The Kier molecular flexibility index (Phi) is 4.72. The van der Waals surface area contributed by atoms with Gasteiger partial charge in [-0.05, 0) is 12.1 Å². The first kappa shape index (κ1) is 15.7. The number of likely N-dealkylation sites (N-methyl/N-ethyl adjacent to an activating group) is 1. The monoisotopic (exact) mass is 309 g/mol. The minimum absolute atomic E-state index is 0.309. The summed E-state index contributed by atoms with van der Waals surface area (Å²) >= 11 is 5.65. The lowest BCUT2D eigenvalue weighted by molar-refractivity contribution is -0.127. The molecule has 0 radical (unpaired) electrons. The second-order valence-electron chi connectivity index (χ2n) is 3.92. The van der Waals surface area contributed by atoms with Crippen LogP contribution in [0.2, 0.25) is 5.02 Å². The first-order valence-corrected chi connectivity index (χ1v) is 6.95. The first-order valence-electron chi connectivity index (χ1n) is 5.09. The first-order chi connectivity index (χ1) is 8.65. The number of halogens is 2. The minimum atomic E-state index is -4.03. The number of hydrogen-bond acceptors (Lipinski definition) is 4. The minimum Gasteiger partial charge on any atom is -0.396 e. The van der Waals surface area contributed by atoms with Crippen LogP contribution in [0.25, 0.3) is 0 Å². The van der Waals surface area contributed by atoms with Gasteiger partial charge in [-0.25, -0.2) is 17.5 Å². The Bertz CT molecular complexity index is 604. The van der Waals surface area contributed by atoms with E-state index >= 15 is 0 Å². The van der Waals surface area contributed by atoms with Gasteiger partial charge in [0, 0.05) is 14.1 Å². The molecule has 0 aliphatic rings. The molecule has 1 aromatic rings. The summed E-state index contributed by atoms with van der Waals surface area (Å²) in [5.41, 5.74) is 4.95. The molecule has 0 spiro atoms. The van der Waals surface area contributed by atoms with Gasteiger partial charge in [0.2, 0.25) is 15.9 Å². The number of benzene rings is 1. The molecule has 9 heteroatoms. The molecule has 0 bridgehead atoms. The van der Waals surface area contributed by atoms with Crippen LogP contribution in [0.3, 0.4) is 0 Å². The van der Waals surface area contributed by atoms with Gasteiger partial charge in [0.1, 0.15) is 10.7 Å². The lowest BCUT2D eigenvalue weighted by atomic mass is 10.3. The van der Waals surface area contributed by atoms with E-state index in [2.05, 4.69) is 4.72 Å². The third kappa shape index (κ3) is 3.79. The SMILES string of the molecule is CN(C)C(=O)CNS(=O)(=O)c1cc(N)c(F)cc1Cl. The Morgan fingerprint density at radius 3 is 2.58 bits per heavy atom. The van der Waals surface area contributed by atoms with Gasteiger partial charge in [0.05, 0.1) is 17.3 Å². The third-order valence-electron chi connectivity index (χ3n) is 2.25. The highest BCUT2D eigenvalue weighted by Crippen LogP contribution is 2.25. The number of sulfonamides is 1. The molecule has 0 fully saturated rings. The van der Waals surface area contributed by atoms with Crippen LogP contribution in [0.4, 0.5) is 10.1 Å². The van der Waals surface area contributed by atoms with Crippen molar-refractivity contribution >= 4 is 33.2 Å². The number of carbonyl (C=O) groups excluding carboxylic acids is 1. The summed E-state index contributed by atoms with van der Waals surface area (Å²) in [5, 5.41) is -0.309. The molecule has 106 valence electrons. The van der Waals surface area contributed by atoms with Gasteiger partial charge in [-0.15, -0.1) is 0 Å². The predicted molar refractivity (Wildman–Crippen MR) is 69.7 cm³/mol. The predicted octanol–water partition coefficient (Wildman–Crippen LogP) is 0.428. The van der Waals surface area contributed by atoms with Crippen molar-refractivity contribution in [2.45, 2.75) is 4.90 Å². The summed E-state index contributed by atoms with van der Waals surface area (Å²) in [6.07, 6.45) is 0. The Morgan fingerprint density at radius 2 is 2.05 bits per heavy atom. The maximum atomic E-state index is 13.1. The number of nitrogens with zero attached hydrogens (tertiary/aromatic N) is 1. The van der Waals surface area contributed by atoms with Crippen LogP contribution in [-0.4, -0.2) is 39.9 Å². The molecule has 6 nitrogen and oxygen atoms in total. The van der Waals surface area contributed by atoms with Crippen LogP contribution in [0.1, 0.15) is 0 Å². The standard InChI is InChI=1S/C10H13ClFN3O3S/c1-15(2)10(16)5-14-19(17,18)9-4-8(13)7(12)3-6(9)11/h3-4,14H,5,13H2,1-2H3. The molecule has 0 aliphatic carbocycles. The summed E-state index contributed by atoms with van der Waals surface area (Å²) in [6.45, 7) is -0.428. The molecule has 0 unspecified atom stereocenters. The van der Waals surface area contributed by atoms with Crippen molar-refractivity contribution < 1.29 is 17.6 Å². The van der Waals surface area contributed by atoms with E-state index in [1.165, 1.54) is 19.0 Å². The van der Waals surface area contributed by atoms with Crippen LogP contribution < -0.4 is 10.5 Å². The van der Waals surface area contributed by atoms with E-state index < -0.39 is 28.3 Å². The van der Waals surface area contributed by atoms with Crippen LogP contribution in [0.5, 0.6) is 0 Å². The number of hydrogen-bond donors (Lipinski definition) is 2. The Hall–Kier alpha value is -1.38. The Balaban J connectivity index is 3.01. The molecule has 1 aromatic carbocycles. The second-order valence-corrected chi connectivity index (χ2v) is 6.06. The number of rotatable bonds is 4. The number of anilines is 1. The number of carbonyl (C=O) groups is 1. The molecule has 0 saturated heterocycles. The van der Waals surface area contributed by atoms with Crippen LogP contribution in [0, 0.1) is 5.82 Å². The van der Waals surface area contributed by atoms with E-state index in [0.717, 1.165) is 12.1 Å². The fourth-order valence-electron chi connectivity index (χ4n) is 1.14. The van der Waals surface area contributed by atoms with Crippen molar-refractivity contribution in [2.75, 3.05) is 26.4 Å². The number of amides is 1. The average Bonchev–Trinajstić information content (AvgIpc) is 2.30. The van der Waals surface area contributed by atoms with Crippen molar-refractivity contribution in [2.24, 2.45) is 0 Å². The maximum Gasteiger partial charge on any atom is 0.242 e. The maximum absolute atomic E-state index is 13.1. The van der Waals surface area contributed by atoms with E-state index in [4.69, 9.17) is 17.3 Å². The normalized spacial score (nSPS) is 11.4. The van der Waals surface area contributed by atoms with Crippen molar-refractivity contribution in [1.29, 1.82) is 0 Å². The lowest BCUT2D eigenvalue weighted by Gasteiger charge is -2.12.